The van der Waals surface area contributed by atoms with Gasteiger partial charge in [-0.1, -0.05) is 30.3 Å². The van der Waals surface area contributed by atoms with Crippen molar-refractivity contribution < 1.29 is 9.90 Å². The predicted octanol–water partition coefficient (Wildman–Crippen LogP) is 3.07. The Morgan fingerprint density at radius 2 is 2.17 bits per heavy atom. The Morgan fingerprint density at radius 3 is 2.78 bits per heavy atom. The van der Waals surface area contributed by atoms with Crippen LogP contribution in [0.1, 0.15) is 10.4 Å². The van der Waals surface area contributed by atoms with E-state index in [0.717, 1.165) is 10.4 Å². The van der Waals surface area contributed by atoms with Crippen LogP contribution in [0.25, 0.3) is 0 Å². The lowest BCUT2D eigenvalue weighted by molar-refractivity contribution is -0.136. The molecule has 1 aromatic carbocycles. The van der Waals surface area contributed by atoms with Crippen molar-refractivity contribution in [2.24, 2.45) is 0 Å². The van der Waals surface area contributed by atoms with Crippen LogP contribution in [0.15, 0.2) is 42.0 Å². The van der Waals surface area contributed by atoms with Crippen molar-refractivity contribution in [3.8, 4) is 0 Å². The minimum absolute atomic E-state index is 0.408. The number of aliphatic carboxylic acids is 1. The number of hydrogen-bond donors (Lipinski definition) is 1. The summed E-state index contributed by atoms with van der Waals surface area (Å²) in [6.45, 7) is 0. The van der Waals surface area contributed by atoms with Crippen LogP contribution >= 0.6 is 23.1 Å². The molecule has 2 aromatic rings. The Hall–Kier alpha value is -1.33. The molecule has 0 fully saturated rings. The second-order valence-corrected chi connectivity index (χ2v) is 5.96. The van der Waals surface area contributed by atoms with Crippen LogP contribution in [0.4, 0.5) is 0 Å². The molecule has 0 spiro atoms. The zero-order valence-electron chi connectivity index (χ0n) is 9.65. The first-order valence-electron chi connectivity index (χ1n) is 5.51. The van der Waals surface area contributed by atoms with E-state index in [9.17, 15) is 9.90 Å². The first-order chi connectivity index (χ1) is 8.75. The summed E-state index contributed by atoms with van der Waals surface area (Å²) in [7, 11) is 0. The maximum absolute atomic E-state index is 11.2. The van der Waals surface area contributed by atoms with Crippen LogP contribution in [0.5, 0.6) is 0 Å². The van der Waals surface area contributed by atoms with E-state index in [4.69, 9.17) is 0 Å². The number of carbonyl (C=O) groups is 1. The fourth-order valence-electron chi connectivity index (χ4n) is 1.54. The molecule has 2 rings (SSSR count). The molecule has 5 heteroatoms. The van der Waals surface area contributed by atoms with Gasteiger partial charge in [-0.05, 0) is 12.0 Å². The van der Waals surface area contributed by atoms with Gasteiger partial charge in [-0.25, -0.2) is 0 Å². The van der Waals surface area contributed by atoms with Gasteiger partial charge in [0.2, 0.25) is 0 Å². The van der Waals surface area contributed by atoms with Gasteiger partial charge < -0.3 is 5.11 Å². The monoisotopic (exact) mass is 279 g/mol. The maximum atomic E-state index is 11.2. The van der Waals surface area contributed by atoms with Gasteiger partial charge in [0.15, 0.2) is 0 Å². The predicted molar refractivity (Wildman–Crippen MR) is 75.0 cm³/mol. The number of rotatable bonds is 6. The summed E-state index contributed by atoms with van der Waals surface area (Å²) in [5, 5.41) is 8.82. The van der Waals surface area contributed by atoms with Crippen molar-refractivity contribution in [2.45, 2.75) is 17.4 Å². The Morgan fingerprint density at radius 1 is 1.39 bits per heavy atom. The average molecular weight is 279 g/mol. The molecule has 0 amide bonds. The molecule has 0 radical (unpaired) electrons. The van der Waals surface area contributed by atoms with E-state index in [2.05, 4.69) is 4.98 Å². The first-order valence-corrected chi connectivity index (χ1v) is 7.44. The Bertz CT molecular complexity index is 485. The van der Waals surface area contributed by atoms with Crippen molar-refractivity contribution in [3.63, 3.8) is 0 Å². The number of thiazole rings is 1. The summed E-state index contributed by atoms with van der Waals surface area (Å²) < 4.78 is 0. The molecule has 0 aliphatic rings. The number of carboxylic acid groups (broad SMARTS) is 1. The minimum atomic E-state index is -0.756. The molecule has 3 nitrogen and oxygen atoms in total. The summed E-state index contributed by atoms with van der Waals surface area (Å²) in [5.74, 6) is -0.0533. The highest BCUT2D eigenvalue weighted by Gasteiger charge is 2.18. The van der Waals surface area contributed by atoms with E-state index < -0.39 is 11.2 Å². The quantitative estimate of drug-likeness (QED) is 0.883. The normalized spacial score (nSPS) is 12.2. The van der Waals surface area contributed by atoms with Gasteiger partial charge in [-0.15, -0.1) is 23.1 Å². The number of carboxylic acids is 1. The molecule has 0 bridgehead atoms. The second-order valence-electron chi connectivity index (χ2n) is 3.80. The Kier molecular flexibility index (Phi) is 4.78. The molecule has 0 aliphatic carbocycles. The minimum Gasteiger partial charge on any atom is -0.480 e. The molecule has 0 saturated heterocycles. The maximum Gasteiger partial charge on any atom is 0.316 e. The summed E-state index contributed by atoms with van der Waals surface area (Å²) in [6, 6.07) is 9.72. The van der Waals surface area contributed by atoms with E-state index in [0.29, 0.717) is 12.2 Å². The lowest BCUT2D eigenvalue weighted by atomic mass is 10.1. The molecule has 18 heavy (non-hydrogen) atoms. The third kappa shape index (κ3) is 3.85. The van der Waals surface area contributed by atoms with Crippen molar-refractivity contribution in [1.82, 2.24) is 4.98 Å². The highest BCUT2D eigenvalue weighted by Crippen LogP contribution is 2.23. The van der Waals surface area contributed by atoms with Gasteiger partial charge in [0, 0.05) is 16.8 Å². The van der Waals surface area contributed by atoms with E-state index >= 15 is 0 Å². The van der Waals surface area contributed by atoms with Gasteiger partial charge >= 0.3 is 5.97 Å². The van der Waals surface area contributed by atoms with E-state index in [1.54, 1.807) is 23.0 Å². The molecule has 0 saturated carbocycles. The SMILES string of the molecule is O=C(O)C(Cc1ccccc1)SCc1cncs1. The van der Waals surface area contributed by atoms with Crippen LogP contribution in [-0.4, -0.2) is 21.3 Å². The molecular weight excluding hydrogens is 266 g/mol. The Labute approximate surface area is 114 Å². The van der Waals surface area contributed by atoms with Crippen molar-refractivity contribution in [3.05, 3.63) is 52.5 Å². The van der Waals surface area contributed by atoms with Crippen LogP contribution in [0.3, 0.4) is 0 Å². The zero-order chi connectivity index (χ0) is 12.8. The van der Waals surface area contributed by atoms with Crippen molar-refractivity contribution >= 4 is 29.1 Å². The first kappa shape index (κ1) is 13.1. The van der Waals surface area contributed by atoms with Gasteiger partial charge in [-0.3, -0.25) is 9.78 Å². The van der Waals surface area contributed by atoms with Crippen molar-refractivity contribution in [2.75, 3.05) is 0 Å². The number of thioether (sulfide) groups is 1. The Balaban J connectivity index is 1.94. The van der Waals surface area contributed by atoms with Gasteiger partial charge in [0.1, 0.15) is 5.25 Å². The largest absolute Gasteiger partial charge is 0.480 e. The van der Waals surface area contributed by atoms with Crippen LogP contribution in [-0.2, 0) is 17.0 Å². The van der Waals surface area contributed by atoms with Gasteiger partial charge in [-0.2, -0.15) is 0 Å². The second kappa shape index (κ2) is 6.56. The summed E-state index contributed by atoms with van der Waals surface area (Å²) in [5.41, 5.74) is 2.82. The molecular formula is C13H13NO2S2. The third-order valence-corrected chi connectivity index (χ3v) is 4.66. The van der Waals surface area contributed by atoms with Crippen LogP contribution in [0.2, 0.25) is 0 Å². The molecule has 1 atom stereocenters. The molecule has 1 heterocycles. The third-order valence-electron chi connectivity index (χ3n) is 2.45. The highest BCUT2D eigenvalue weighted by atomic mass is 32.2. The summed E-state index contributed by atoms with van der Waals surface area (Å²) in [6.07, 6.45) is 2.35. The molecule has 94 valence electrons. The molecule has 1 aromatic heterocycles. The summed E-state index contributed by atoms with van der Waals surface area (Å²) in [4.78, 5) is 16.3. The zero-order valence-corrected chi connectivity index (χ0v) is 11.3. The molecule has 1 N–H and O–H groups in total. The van der Waals surface area contributed by atoms with Gasteiger partial charge in [0.25, 0.3) is 0 Å². The van der Waals surface area contributed by atoms with Crippen LogP contribution in [0, 0.1) is 0 Å². The van der Waals surface area contributed by atoms with E-state index in [1.807, 2.05) is 30.3 Å². The lowest BCUT2D eigenvalue weighted by Gasteiger charge is -2.11. The smallest absolute Gasteiger partial charge is 0.316 e. The van der Waals surface area contributed by atoms with E-state index in [-0.39, 0.29) is 0 Å². The number of hydrogen-bond acceptors (Lipinski definition) is 4. The topological polar surface area (TPSA) is 50.2 Å². The molecule has 0 aliphatic heterocycles. The number of aromatic nitrogens is 1. The van der Waals surface area contributed by atoms with Crippen LogP contribution < -0.4 is 0 Å². The standard InChI is InChI=1S/C13H13NO2S2/c15-13(16)12(6-10-4-2-1-3-5-10)17-8-11-7-14-9-18-11/h1-5,7,9,12H,6,8H2,(H,15,16). The van der Waals surface area contributed by atoms with E-state index in [1.165, 1.54) is 11.8 Å². The average Bonchev–Trinajstić information content (AvgIpc) is 2.88. The highest BCUT2D eigenvalue weighted by molar-refractivity contribution is 7.99. The number of nitrogens with zero attached hydrogens (tertiary/aromatic N) is 1. The fourth-order valence-corrected chi connectivity index (χ4v) is 3.29. The number of benzene rings is 1. The van der Waals surface area contributed by atoms with Gasteiger partial charge in [0.05, 0.1) is 5.51 Å². The summed E-state index contributed by atoms with van der Waals surface area (Å²) >= 11 is 3.01. The fraction of sp³-hybridized carbons (Fsp3) is 0.231. The molecule has 1 unspecified atom stereocenters. The van der Waals surface area contributed by atoms with Crippen molar-refractivity contribution in [1.29, 1.82) is 0 Å². The lowest BCUT2D eigenvalue weighted by Crippen LogP contribution is -2.19.